The molecule has 5 nitrogen and oxygen atoms in total. The topological polar surface area (TPSA) is 63.8 Å². The number of benzene rings is 2. The van der Waals surface area contributed by atoms with Crippen molar-refractivity contribution in [2.24, 2.45) is 5.18 Å². The molecule has 0 unspecified atom stereocenters. The molecule has 0 saturated carbocycles. The number of hydrogen-bond donors (Lipinski definition) is 1. The number of unbranched alkanes of at least 4 members (excludes halogenated alkanes) is 1. The van der Waals surface area contributed by atoms with Crippen LogP contribution in [0.4, 0.5) is 5.69 Å². The van der Waals surface area contributed by atoms with Crippen molar-refractivity contribution < 1.29 is 9.84 Å². The first-order chi connectivity index (χ1) is 12.2. The van der Waals surface area contributed by atoms with Gasteiger partial charge in [-0.15, -0.1) is 4.91 Å². The zero-order valence-corrected chi connectivity index (χ0v) is 14.5. The Kier molecular flexibility index (Phi) is 5.03. The number of fused-ring (bicyclic) bond motifs is 1. The standard InChI is InChI=1S/C20H22N2O3/c1-3-4-11-25-18-8-6-5-7-15(18)13-22-17-10-9-14(2)12-16(17)19(21-24)20(22)23/h5-10,12,23H,3-4,11,13H2,1-2H3. The molecule has 0 amide bonds. The zero-order chi connectivity index (χ0) is 17.8. The molecule has 0 fully saturated rings. The molecule has 5 heteroatoms. The van der Waals surface area contributed by atoms with E-state index in [0.29, 0.717) is 18.5 Å². The van der Waals surface area contributed by atoms with Gasteiger partial charge in [0.2, 0.25) is 5.88 Å². The van der Waals surface area contributed by atoms with Crippen LogP contribution in [0.2, 0.25) is 0 Å². The Hall–Kier alpha value is -2.82. The summed E-state index contributed by atoms with van der Waals surface area (Å²) in [7, 11) is 0. The number of ether oxygens (including phenoxy) is 1. The van der Waals surface area contributed by atoms with E-state index in [-0.39, 0.29) is 11.6 Å². The van der Waals surface area contributed by atoms with Crippen LogP contribution < -0.4 is 4.74 Å². The van der Waals surface area contributed by atoms with Crippen LogP contribution in [0.1, 0.15) is 30.9 Å². The van der Waals surface area contributed by atoms with E-state index < -0.39 is 0 Å². The monoisotopic (exact) mass is 338 g/mol. The Balaban J connectivity index is 2.02. The van der Waals surface area contributed by atoms with Crippen molar-refractivity contribution in [3.05, 3.63) is 58.5 Å². The number of aryl methyl sites for hydroxylation is 1. The number of rotatable bonds is 7. The van der Waals surface area contributed by atoms with Crippen molar-refractivity contribution in [3.63, 3.8) is 0 Å². The lowest BCUT2D eigenvalue weighted by atomic mass is 10.1. The second kappa shape index (κ2) is 7.38. The third kappa shape index (κ3) is 3.36. The van der Waals surface area contributed by atoms with Crippen LogP contribution in [0.25, 0.3) is 10.9 Å². The fourth-order valence-corrected chi connectivity index (χ4v) is 2.96. The summed E-state index contributed by atoms with van der Waals surface area (Å²) in [6, 6.07) is 13.5. The van der Waals surface area contributed by atoms with E-state index >= 15 is 0 Å². The normalized spacial score (nSPS) is 11.0. The molecule has 130 valence electrons. The van der Waals surface area contributed by atoms with E-state index in [4.69, 9.17) is 4.74 Å². The minimum atomic E-state index is -0.112. The molecule has 2 aromatic carbocycles. The van der Waals surface area contributed by atoms with Crippen LogP contribution in [0.3, 0.4) is 0 Å². The Morgan fingerprint density at radius 3 is 2.76 bits per heavy atom. The second-order valence-corrected chi connectivity index (χ2v) is 6.18. The summed E-state index contributed by atoms with van der Waals surface area (Å²) in [6.07, 6.45) is 2.06. The van der Waals surface area contributed by atoms with E-state index in [9.17, 15) is 10.0 Å². The van der Waals surface area contributed by atoms with Gasteiger partial charge in [-0.1, -0.05) is 43.2 Å². The molecule has 0 aliphatic rings. The number of aromatic hydroxyl groups is 1. The first-order valence-electron chi connectivity index (χ1n) is 8.51. The van der Waals surface area contributed by atoms with Crippen molar-refractivity contribution >= 4 is 16.6 Å². The lowest BCUT2D eigenvalue weighted by Gasteiger charge is -2.13. The number of nitroso groups, excluding NO2 is 1. The molecule has 0 atom stereocenters. The largest absolute Gasteiger partial charge is 0.493 e. The minimum Gasteiger partial charge on any atom is -0.493 e. The van der Waals surface area contributed by atoms with Gasteiger partial charge in [0.15, 0.2) is 5.69 Å². The molecule has 0 saturated heterocycles. The second-order valence-electron chi connectivity index (χ2n) is 6.18. The Morgan fingerprint density at radius 2 is 2.00 bits per heavy atom. The first-order valence-corrected chi connectivity index (χ1v) is 8.51. The predicted octanol–water partition coefficient (Wildman–Crippen LogP) is 5.28. The molecule has 3 rings (SSSR count). The van der Waals surface area contributed by atoms with Crippen molar-refractivity contribution in [2.45, 2.75) is 33.2 Å². The highest BCUT2D eigenvalue weighted by Gasteiger charge is 2.18. The molecule has 3 aromatic rings. The molecule has 1 heterocycles. The maximum atomic E-state index is 11.2. The Morgan fingerprint density at radius 1 is 1.20 bits per heavy atom. The van der Waals surface area contributed by atoms with E-state index in [1.54, 1.807) is 4.57 Å². The average molecular weight is 338 g/mol. The van der Waals surface area contributed by atoms with Crippen molar-refractivity contribution in [2.75, 3.05) is 6.61 Å². The fraction of sp³-hybridized carbons (Fsp3) is 0.300. The maximum absolute atomic E-state index is 11.2. The lowest BCUT2D eigenvalue weighted by molar-refractivity contribution is 0.305. The summed E-state index contributed by atoms with van der Waals surface area (Å²) in [6.45, 7) is 5.13. The lowest BCUT2D eigenvalue weighted by Crippen LogP contribution is -2.04. The Bertz CT molecular complexity index is 899. The van der Waals surface area contributed by atoms with Crippen molar-refractivity contribution in [1.29, 1.82) is 0 Å². The summed E-state index contributed by atoms with van der Waals surface area (Å²) >= 11 is 0. The van der Waals surface area contributed by atoms with E-state index in [2.05, 4.69) is 12.1 Å². The van der Waals surface area contributed by atoms with E-state index in [1.807, 2.05) is 49.4 Å². The molecule has 0 aliphatic heterocycles. The minimum absolute atomic E-state index is 0.0862. The zero-order valence-electron chi connectivity index (χ0n) is 14.5. The van der Waals surface area contributed by atoms with Gasteiger partial charge in [-0.3, -0.25) is 0 Å². The van der Waals surface area contributed by atoms with Gasteiger partial charge in [0.1, 0.15) is 5.75 Å². The van der Waals surface area contributed by atoms with Crippen LogP contribution in [-0.2, 0) is 6.54 Å². The maximum Gasteiger partial charge on any atom is 0.222 e. The SMILES string of the molecule is CCCCOc1ccccc1Cn1c(O)c(N=O)c2cc(C)ccc21. The third-order valence-electron chi connectivity index (χ3n) is 4.31. The molecular weight excluding hydrogens is 316 g/mol. The van der Waals surface area contributed by atoms with Gasteiger partial charge in [0.25, 0.3) is 0 Å². The van der Waals surface area contributed by atoms with E-state index in [1.165, 1.54) is 0 Å². The molecule has 25 heavy (non-hydrogen) atoms. The summed E-state index contributed by atoms with van der Waals surface area (Å²) in [5.74, 6) is 0.684. The fourth-order valence-electron chi connectivity index (χ4n) is 2.96. The van der Waals surface area contributed by atoms with Gasteiger partial charge in [0.05, 0.1) is 18.7 Å². The summed E-state index contributed by atoms with van der Waals surface area (Å²) in [5, 5.41) is 14.2. The third-order valence-corrected chi connectivity index (χ3v) is 4.31. The van der Waals surface area contributed by atoms with Crippen molar-refractivity contribution in [1.82, 2.24) is 4.57 Å². The Labute approximate surface area is 146 Å². The molecule has 1 aromatic heterocycles. The molecule has 0 spiro atoms. The van der Waals surface area contributed by atoms with Gasteiger partial charge in [0, 0.05) is 10.9 Å². The van der Waals surface area contributed by atoms with E-state index in [0.717, 1.165) is 35.2 Å². The number of hydrogen-bond acceptors (Lipinski definition) is 4. The van der Waals surface area contributed by atoms with Gasteiger partial charge >= 0.3 is 0 Å². The molecule has 0 aliphatic carbocycles. The highest BCUT2D eigenvalue weighted by Crippen LogP contribution is 2.39. The quantitative estimate of drug-likeness (QED) is 0.471. The predicted molar refractivity (Wildman–Crippen MR) is 99.7 cm³/mol. The number of nitrogens with zero attached hydrogens (tertiary/aromatic N) is 2. The van der Waals surface area contributed by atoms with Gasteiger partial charge in [-0.2, -0.15) is 0 Å². The molecular formula is C20H22N2O3. The summed E-state index contributed by atoms with van der Waals surface area (Å²) in [5.41, 5.74) is 2.82. The highest BCUT2D eigenvalue weighted by atomic mass is 16.5. The molecule has 1 N–H and O–H groups in total. The molecule has 0 bridgehead atoms. The first kappa shape index (κ1) is 17.0. The van der Waals surface area contributed by atoms with Crippen LogP contribution in [0, 0.1) is 11.8 Å². The van der Waals surface area contributed by atoms with Gasteiger partial charge < -0.3 is 14.4 Å². The van der Waals surface area contributed by atoms with Gasteiger partial charge in [-0.25, -0.2) is 0 Å². The summed E-state index contributed by atoms with van der Waals surface area (Å²) in [4.78, 5) is 11.2. The smallest absolute Gasteiger partial charge is 0.222 e. The van der Waals surface area contributed by atoms with Crippen LogP contribution in [0.5, 0.6) is 11.6 Å². The summed E-state index contributed by atoms with van der Waals surface area (Å²) < 4.78 is 7.58. The van der Waals surface area contributed by atoms with Crippen LogP contribution >= 0.6 is 0 Å². The van der Waals surface area contributed by atoms with Crippen molar-refractivity contribution in [3.8, 4) is 11.6 Å². The molecule has 0 radical (unpaired) electrons. The van der Waals surface area contributed by atoms with Gasteiger partial charge in [-0.05, 0) is 36.7 Å². The number of aromatic nitrogens is 1. The highest BCUT2D eigenvalue weighted by molar-refractivity contribution is 5.95. The average Bonchev–Trinajstić information content (AvgIpc) is 2.87. The number of para-hydroxylation sites is 1. The van der Waals surface area contributed by atoms with Crippen LogP contribution in [-0.4, -0.2) is 16.3 Å². The van der Waals surface area contributed by atoms with Crippen LogP contribution in [0.15, 0.2) is 47.6 Å².